The zero-order chi connectivity index (χ0) is 14.2. The molecule has 19 heavy (non-hydrogen) atoms. The van der Waals surface area contributed by atoms with Gasteiger partial charge >= 0.3 is 0 Å². The number of ether oxygens (including phenoxy) is 2. The molecule has 0 bridgehead atoms. The summed E-state index contributed by atoms with van der Waals surface area (Å²) in [7, 11) is 3.43. The van der Waals surface area contributed by atoms with Crippen molar-refractivity contribution in [3.05, 3.63) is 38.9 Å². The summed E-state index contributed by atoms with van der Waals surface area (Å²) in [5.41, 5.74) is 3.45. The zero-order valence-corrected chi connectivity index (χ0v) is 13.0. The first kappa shape index (κ1) is 14.9. The molecule has 2 nitrogen and oxygen atoms in total. The number of hydrogen-bond donors (Lipinski definition) is 0. The average Bonchev–Trinajstić information content (AvgIpc) is 2.76. The molecule has 0 radical (unpaired) electrons. The number of rotatable bonds is 4. The van der Waals surface area contributed by atoms with Crippen LogP contribution in [0.1, 0.15) is 30.9 Å². The number of methoxy groups -OCH3 is 2. The largest absolute Gasteiger partial charge is 0.381 e. The van der Waals surface area contributed by atoms with E-state index in [1.54, 1.807) is 14.2 Å². The number of fused-ring (bicyclic) bond motifs is 1. The molecule has 0 heterocycles. The van der Waals surface area contributed by atoms with Gasteiger partial charge in [0.15, 0.2) is 0 Å². The summed E-state index contributed by atoms with van der Waals surface area (Å²) in [6.45, 7) is 4.09. The highest BCUT2D eigenvalue weighted by Crippen LogP contribution is 2.44. The second-order valence-corrected chi connectivity index (χ2v) is 5.65. The molecule has 0 spiro atoms. The molecular weight excluding hydrogens is 283 g/mol. The zero-order valence-electron chi connectivity index (χ0n) is 11.5. The fraction of sp³-hybridized carbons (Fsp3) is 0.467. The van der Waals surface area contributed by atoms with Crippen LogP contribution in [0.5, 0.6) is 0 Å². The number of benzene rings is 1. The summed E-state index contributed by atoms with van der Waals surface area (Å²) in [6.07, 6.45) is 2.22. The van der Waals surface area contributed by atoms with Crippen LogP contribution >= 0.6 is 23.2 Å². The van der Waals surface area contributed by atoms with Crippen LogP contribution in [0.4, 0.5) is 0 Å². The van der Waals surface area contributed by atoms with Gasteiger partial charge in [-0.25, -0.2) is 0 Å². The lowest BCUT2D eigenvalue weighted by molar-refractivity contribution is 0.0869. The van der Waals surface area contributed by atoms with Crippen molar-refractivity contribution in [2.45, 2.75) is 32.0 Å². The van der Waals surface area contributed by atoms with Gasteiger partial charge in [0.1, 0.15) is 0 Å². The van der Waals surface area contributed by atoms with Crippen LogP contribution in [0, 0.1) is 0 Å². The smallest absolute Gasteiger partial charge is 0.0763 e. The Morgan fingerprint density at radius 3 is 2.26 bits per heavy atom. The molecule has 1 aromatic rings. The van der Waals surface area contributed by atoms with Crippen molar-refractivity contribution in [1.29, 1.82) is 0 Å². The van der Waals surface area contributed by atoms with Crippen molar-refractivity contribution in [2.24, 2.45) is 0 Å². The third-order valence-electron chi connectivity index (χ3n) is 3.81. The molecule has 0 fully saturated rings. The minimum absolute atomic E-state index is 0.0348. The lowest BCUT2D eigenvalue weighted by Gasteiger charge is -2.26. The lowest BCUT2D eigenvalue weighted by atomic mass is 9.88. The molecule has 4 heteroatoms. The van der Waals surface area contributed by atoms with E-state index in [9.17, 15) is 0 Å². The van der Waals surface area contributed by atoms with Gasteiger partial charge in [0.05, 0.1) is 22.3 Å². The highest BCUT2D eigenvalue weighted by atomic mass is 35.5. The third-order valence-corrected chi connectivity index (χ3v) is 4.53. The van der Waals surface area contributed by atoms with Crippen molar-refractivity contribution in [1.82, 2.24) is 0 Å². The molecule has 1 aliphatic rings. The maximum atomic E-state index is 6.14. The molecule has 104 valence electrons. The molecule has 0 saturated carbocycles. The minimum Gasteiger partial charge on any atom is -0.381 e. The number of halogens is 2. The summed E-state index contributed by atoms with van der Waals surface area (Å²) in [5.74, 6) is 0.157. The summed E-state index contributed by atoms with van der Waals surface area (Å²) in [6, 6.07) is 3.84. The van der Waals surface area contributed by atoms with E-state index in [1.807, 2.05) is 19.1 Å². The van der Waals surface area contributed by atoms with E-state index in [0.717, 1.165) is 11.1 Å². The Balaban J connectivity index is 2.51. The summed E-state index contributed by atoms with van der Waals surface area (Å²) in [5, 5.41) is 1.15. The van der Waals surface area contributed by atoms with Crippen molar-refractivity contribution in [3.8, 4) is 0 Å². The van der Waals surface area contributed by atoms with E-state index in [4.69, 9.17) is 32.7 Å². The maximum absolute atomic E-state index is 6.14. The van der Waals surface area contributed by atoms with E-state index in [-0.39, 0.29) is 18.1 Å². The first-order chi connectivity index (χ1) is 8.99. The van der Waals surface area contributed by atoms with Crippen LogP contribution in [-0.4, -0.2) is 26.4 Å². The van der Waals surface area contributed by atoms with Gasteiger partial charge in [-0.05, 0) is 42.7 Å². The minimum atomic E-state index is 0.0348. The van der Waals surface area contributed by atoms with Crippen LogP contribution < -0.4 is 0 Å². The molecule has 0 N–H and O–H groups in total. The highest BCUT2D eigenvalue weighted by Gasteiger charge is 2.33. The van der Waals surface area contributed by atoms with Gasteiger partial charge in [0.25, 0.3) is 0 Å². The predicted molar refractivity (Wildman–Crippen MR) is 80.1 cm³/mol. The topological polar surface area (TPSA) is 18.5 Å². The van der Waals surface area contributed by atoms with Gasteiger partial charge in [-0.2, -0.15) is 0 Å². The summed E-state index contributed by atoms with van der Waals surface area (Å²) >= 11 is 12.2. The molecule has 1 aliphatic carbocycles. The SMILES string of the molecule is COC(C)C1=Cc2cc(Cl)c(Cl)cc2C1C(C)OC. The normalized spacial score (nSPS) is 20.9. The highest BCUT2D eigenvalue weighted by molar-refractivity contribution is 6.42. The monoisotopic (exact) mass is 300 g/mol. The third kappa shape index (κ3) is 2.68. The Kier molecular flexibility index (Phi) is 4.57. The Labute approximate surface area is 124 Å². The molecule has 3 atom stereocenters. The predicted octanol–water partition coefficient (Wildman–Crippen LogP) is 4.54. The van der Waals surface area contributed by atoms with Crippen LogP contribution in [0.2, 0.25) is 10.0 Å². The van der Waals surface area contributed by atoms with E-state index in [2.05, 4.69) is 13.0 Å². The van der Waals surface area contributed by atoms with Crippen LogP contribution in [0.15, 0.2) is 17.7 Å². The van der Waals surface area contributed by atoms with Crippen LogP contribution in [0.25, 0.3) is 6.08 Å². The van der Waals surface area contributed by atoms with Crippen LogP contribution in [0.3, 0.4) is 0 Å². The molecular formula is C15H18Cl2O2. The van der Waals surface area contributed by atoms with E-state index in [1.165, 1.54) is 5.57 Å². The van der Waals surface area contributed by atoms with Gasteiger partial charge in [0.2, 0.25) is 0 Å². The van der Waals surface area contributed by atoms with E-state index >= 15 is 0 Å². The Morgan fingerprint density at radius 2 is 1.68 bits per heavy atom. The fourth-order valence-corrected chi connectivity index (χ4v) is 2.93. The average molecular weight is 301 g/mol. The Morgan fingerprint density at radius 1 is 1.05 bits per heavy atom. The summed E-state index contributed by atoms with van der Waals surface area (Å²) in [4.78, 5) is 0. The lowest BCUT2D eigenvalue weighted by Crippen LogP contribution is -2.23. The maximum Gasteiger partial charge on any atom is 0.0763 e. The van der Waals surface area contributed by atoms with Crippen molar-refractivity contribution >= 4 is 29.3 Å². The van der Waals surface area contributed by atoms with Crippen molar-refractivity contribution in [3.63, 3.8) is 0 Å². The second-order valence-electron chi connectivity index (χ2n) is 4.84. The Hall–Kier alpha value is -0.540. The molecule has 0 saturated heterocycles. The molecule has 3 unspecified atom stereocenters. The quantitative estimate of drug-likeness (QED) is 0.812. The van der Waals surface area contributed by atoms with Crippen LogP contribution in [-0.2, 0) is 9.47 Å². The van der Waals surface area contributed by atoms with Crippen molar-refractivity contribution < 1.29 is 9.47 Å². The molecule has 0 aromatic heterocycles. The first-order valence-corrected chi connectivity index (χ1v) is 7.01. The fourth-order valence-electron chi connectivity index (χ4n) is 2.59. The molecule has 0 aliphatic heterocycles. The molecule has 1 aromatic carbocycles. The van der Waals surface area contributed by atoms with Gasteiger partial charge < -0.3 is 9.47 Å². The van der Waals surface area contributed by atoms with E-state index in [0.29, 0.717) is 10.0 Å². The first-order valence-electron chi connectivity index (χ1n) is 6.25. The van der Waals surface area contributed by atoms with Gasteiger partial charge in [0, 0.05) is 20.1 Å². The Bertz CT molecular complexity index is 511. The molecule has 2 rings (SSSR count). The van der Waals surface area contributed by atoms with Crippen molar-refractivity contribution in [2.75, 3.05) is 14.2 Å². The second kappa shape index (κ2) is 5.84. The molecule has 0 amide bonds. The standard InChI is InChI=1S/C15H18Cl2O2/c1-8(18-3)11-5-10-6-13(16)14(17)7-12(10)15(11)9(2)19-4/h5-9,15H,1-4H3. The number of hydrogen-bond acceptors (Lipinski definition) is 2. The van der Waals surface area contributed by atoms with Gasteiger partial charge in [-0.3, -0.25) is 0 Å². The van der Waals surface area contributed by atoms with Gasteiger partial charge in [-0.15, -0.1) is 0 Å². The van der Waals surface area contributed by atoms with E-state index < -0.39 is 0 Å². The summed E-state index contributed by atoms with van der Waals surface area (Å²) < 4.78 is 11.0. The van der Waals surface area contributed by atoms with Gasteiger partial charge in [-0.1, -0.05) is 29.3 Å².